The van der Waals surface area contributed by atoms with Crippen LogP contribution in [0.5, 0.6) is 0 Å². The van der Waals surface area contributed by atoms with E-state index >= 15 is 0 Å². The minimum Gasteiger partial charge on any atom is -0.391 e. The molecule has 3 N–H and O–H groups in total. The van der Waals surface area contributed by atoms with Crippen LogP contribution in [0.4, 0.5) is 4.39 Å². The van der Waals surface area contributed by atoms with E-state index in [1.807, 2.05) is 0 Å². The first-order valence-corrected chi connectivity index (χ1v) is 4.82. The molecule has 0 saturated carbocycles. The third kappa shape index (κ3) is 3.61. The molecule has 1 aromatic carbocycles. The van der Waals surface area contributed by atoms with Crippen LogP contribution in [0.2, 0.25) is 5.02 Å². The van der Waals surface area contributed by atoms with Crippen LogP contribution in [-0.2, 0) is 0 Å². The number of hydrogen-bond donors (Lipinski definition) is 2. The molecule has 0 unspecified atom stereocenters. The fraction of sp³-hybridized carbons (Fsp3) is 0.400. The van der Waals surface area contributed by atoms with Gasteiger partial charge in [0, 0.05) is 10.6 Å². The lowest BCUT2D eigenvalue weighted by Crippen LogP contribution is -2.26. The van der Waals surface area contributed by atoms with Crippen molar-refractivity contribution in [3.8, 4) is 0 Å². The summed E-state index contributed by atoms with van der Waals surface area (Å²) in [7, 11) is 0. The summed E-state index contributed by atoms with van der Waals surface area (Å²) >= 11 is 5.70. The predicted molar refractivity (Wildman–Crippen MR) is 61.9 cm³/mol. The Morgan fingerprint density at radius 3 is 2.67 bits per heavy atom. The van der Waals surface area contributed by atoms with Gasteiger partial charge < -0.3 is 10.8 Å². The standard InChI is InChI=1S/C10H13ClFNO.ClH/c1-2-9(14)10(13)7-5-6(11)3-4-8(7)12;/h3-5,9-10,14H,2,13H2,1H3;1H/t9-,10+;/m1./s1. The van der Waals surface area contributed by atoms with E-state index in [1.165, 1.54) is 18.2 Å². The summed E-state index contributed by atoms with van der Waals surface area (Å²) in [4.78, 5) is 0. The first-order chi connectivity index (χ1) is 6.56. The maximum Gasteiger partial charge on any atom is 0.128 e. The minimum absolute atomic E-state index is 0. The predicted octanol–water partition coefficient (Wildman–Crippen LogP) is 2.67. The number of nitrogens with two attached hydrogens (primary N) is 1. The molecular formula is C10H14Cl2FNO. The maximum atomic E-state index is 13.3. The van der Waals surface area contributed by atoms with E-state index < -0.39 is 18.0 Å². The van der Waals surface area contributed by atoms with Gasteiger partial charge in [0.05, 0.1) is 12.1 Å². The van der Waals surface area contributed by atoms with Crippen LogP contribution in [0, 0.1) is 5.82 Å². The van der Waals surface area contributed by atoms with Gasteiger partial charge >= 0.3 is 0 Å². The molecule has 0 saturated heterocycles. The summed E-state index contributed by atoms with van der Waals surface area (Å²) < 4.78 is 13.3. The first-order valence-electron chi connectivity index (χ1n) is 4.44. The van der Waals surface area contributed by atoms with Crippen molar-refractivity contribution in [2.24, 2.45) is 5.73 Å². The Balaban J connectivity index is 0.00000196. The van der Waals surface area contributed by atoms with E-state index in [4.69, 9.17) is 17.3 Å². The van der Waals surface area contributed by atoms with Gasteiger partial charge in [0.25, 0.3) is 0 Å². The van der Waals surface area contributed by atoms with E-state index in [9.17, 15) is 9.50 Å². The lowest BCUT2D eigenvalue weighted by molar-refractivity contribution is 0.139. The average molecular weight is 254 g/mol. The lowest BCUT2D eigenvalue weighted by atomic mass is 10.0. The van der Waals surface area contributed by atoms with E-state index in [1.54, 1.807) is 6.92 Å². The van der Waals surface area contributed by atoms with Crippen LogP contribution in [0.25, 0.3) is 0 Å². The minimum atomic E-state index is -0.747. The third-order valence-electron chi connectivity index (χ3n) is 2.15. The maximum absolute atomic E-state index is 13.3. The molecular weight excluding hydrogens is 240 g/mol. The largest absolute Gasteiger partial charge is 0.391 e. The van der Waals surface area contributed by atoms with Crippen LogP contribution in [-0.4, -0.2) is 11.2 Å². The van der Waals surface area contributed by atoms with Gasteiger partial charge in [-0.3, -0.25) is 0 Å². The Hall–Kier alpha value is -0.350. The SMILES string of the molecule is CC[C@@H](O)[C@@H](N)c1cc(Cl)ccc1F.Cl. The number of halogens is 3. The van der Waals surface area contributed by atoms with Gasteiger partial charge in [-0.2, -0.15) is 0 Å². The molecule has 2 atom stereocenters. The van der Waals surface area contributed by atoms with Crippen molar-refractivity contribution < 1.29 is 9.50 Å². The van der Waals surface area contributed by atoms with E-state index in [-0.39, 0.29) is 18.0 Å². The highest BCUT2D eigenvalue weighted by atomic mass is 35.5. The molecule has 0 radical (unpaired) electrons. The highest BCUT2D eigenvalue weighted by Gasteiger charge is 2.18. The van der Waals surface area contributed by atoms with Crippen LogP contribution < -0.4 is 5.73 Å². The van der Waals surface area contributed by atoms with Crippen molar-refractivity contribution in [3.63, 3.8) is 0 Å². The molecule has 1 rings (SSSR count). The van der Waals surface area contributed by atoms with E-state index in [2.05, 4.69) is 0 Å². The van der Waals surface area contributed by atoms with Gasteiger partial charge in [0.2, 0.25) is 0 Å². The highest BCUT2D eigenvalue weighted by molar-refractivity contribution is 6.30. The molecule has 0 aliphatic rings. The number of benzene rings is 1. The topological polar surface area (TPSA) is 46.2 Å². The fourth-order valence-corrected chi connectivity index (χ4v) is 1.41. The molecule has 0 aromatic heterocycles. The molecule has 5 heteroatoms. The molecule has 86 valence electrons. The van der Waals surface area contributed by atoms with Crippen LogP contribution in [0.1, 0.15) is 24.9 Å². The second-order valence-corrected chi connectivity index (χ2v) is 3.60. The van der Waals surface area contributed by atoms with Crippen molar-refractivity contribution in [1.29, 1.82) is 0 Å². The molecule has 0 amide bonds. The second-order valence-electron chi connectivity index (χ2n) is 3.17. The third-order valence-corrected chi connectivity index (χ3v) is 2.39. The molecule has 0 fully saturated rings. The van der Waals surface area contributed by atoms with Crippen molar-refractivity contribution in [2.75, 3.05) is 0 Å². The zero-order valence-corrected chi connectivity index (χ0v) is 9.86. The van der Waals surface area contributed by atoms with Crippen LogP contribution in [0.15, 0.2) is 18.2 Å². The van der Waals surface area contributed by atoms with E-state index in [0.717, 1.165) is 0 Å². The summed E-state index contributed by atoms with van der Waals surface area (Å²) in [5.41, 5.74) is 5.93. The highest BCUT2D eigenvalue weighted by Crippen LogP contribution is 2.23. The molecule has 0 aliphatic heterocycles. The van der Waals surface area contributed by atoms with Crippen molar-refractivity contribution in [3.05, 3.63) is 34.6 Å². The van der Waals surface area contributed by atoms with Crippen LogP contribution in [0.3, 0.4) is 0 Å². The molecule has 0 spiro atoms. The molecule has 0 heterocycles. The molecule has 1 aromatic rings. The second kappa shape index (κ2) is 6.28. The number of hydrogen-bond acceptors (Lipinski definition) is 2. The molecule has 0 bridgehead atoms. The van der Waals surface area contributed by atoms with Gasteiger partial charge in [-0.05, 0) is 24.6 Å². The van der Waals surface area contributed by atoms with Gasteiger partial charge in [-0.15, -0.1) is 12.4 Å². The quantitative estimate of drug-likeness (QED) is 0.871. The normalized spacial score (nSPS) is 14.2. The van der Waals surface area contributed by atoms with E-state index in [0.29, 0.717) is 11.4 Å². The molecule has 15 heavy (non-hydrogen) atoms. The number of aliphatic hydroxyl groups excluding tert-OH is 1. The van der Waals surface area contributed by atoms with Gasteiger partial charge in [-0.25, -0.2) is 4.39 Å². The average Bonchev–Trinajstić information content (AvgIpc) is 2.19. The summed E-state index contributed by atoms with van der Waals surface area (Å²) in [5.74, 6) is -0.436. The Kier molecular flexibility index (Phi) is 6.13. The Morgan fingerprint density at radius 2 is 2.13 bits per heavy atom. The Labute approximate surface area is 99.6 Å². The lowest BCUT2D eigenvalue weighted by Gasteiger charge is -2.18. The smallest absolute Gasteiger partial charge is 0.128 e. The fourth-order valence-electron chi connectivity index (χ4n) is 1.23. The van der Waals surface area contributed by atoms with Crippen molar-refractivity contribution in [2.45, 2.75) is 25.5 Å². The van der Waals surface area contributed by atoms with Gasteiger partial charge in [0.15, 0.2) is 0 Å². The molecule has 2 nitrogen and oxygen atoms in total. The number of rotatable bonds is 3. The zero-order valence-electron chi connectivity index (χ0n) is 8.28. The monoisotopic (exact) mass is 253 g/mol. The Bertz CT molecular complexity index is 322. The summed E-state index contributed by atoms with van der Waals surface area (Å²) in [6.45, 7) is 1.78. The summed E-state index contributed by atoms with van der Waals surface area (Å²) in [6.07, 6.45) is -0.268. The Morgan fingerprint density at radius 1 is 1.53 bits per heavy atom. The summed E-state index contributed by atoms with van der Waals surface area (Å²) in [5, 5.41) is 9.88. The van der Waals surface area contributed by atoms with Crippen molar-refractivity contribution in [1.82, 2.24) is 0 Å². The van der Waals surface area contributed by atoms with Gasteiger partial charge in [-0.1, -0.05) is 18.5 Å². The van der Waals surface area contributed by atoms with Gasteiger partial charge in [0.1, 0.15) is 5.82 Å². The summed E-state index contributed by atoms with van der Waals surface area (Å²) in [6, 6.07) is 3.42. The molecule has 0 aliphatic carbocycles. The first kappa shape index (κ1) is 14.6. The van der Waals surface area contributed by atoms with Crippen molar-refractivity contribution >= 4 is 24.0 Å². The zero-order chi connectivity index (χ0) is 10.7. The van der Waals surface area contributed by atoms with Crippen LogP contribution >= 0.6 is 24.0 Å². The number of aliphatic hydroxyl groups is 1.